The van der Waals surface area contributed by atoms with Gasteiger partial charge < -0.3 is 15.5 Å². The zero-order chi connectivity index (χ0) is 24.9. The SMILES string of the molecule is N#CC(=Cc1cc(O)c(O)c(CSCCc2ccccc2)c1)C(=O)NCCCCc1ccccc1. The molecular weight excluding hydrogens is 456 g/mol. The molecule has 0 radical (unpaired) electrons. The molecule has 0 aliphatic heterocycles. The largest absolute Gasteiger partial charge is 0.504 e. The maximum Gasteiger partial charge on any atom is 0.261 e. The number of hydrogen-bond donors (Lipinski definition) is 3. The fraction of sp³-hybridized carbons (Fsp3) is 0.241. The van der Waals surface area contributed by atoms with Crippen molar-refractivity contribution in [2.45, 2.75) is 31.4 Å². The van der Waals surface area contributed by atoms with Crippen LogP contribution in [0.5, 0.6) is 11.5 Å². The van der Waals surface area contributed by atoms with Gasteiger partial charge in [0.25, 0.3) is 5.91 Å². The van der Waals surface area contributed by atoms with Crippen molar-refractivity contribution in [3.05, 3.63) is 101 Å². The van der Waals surface area contributed by atoms with E-state index >= 15 is 0 Å². The molecule has 0 fully saturated rings. The monoisotopic (exact) mass is 486 g/mol. The van der Waals surface area contributed by atoms with Crippen LogP contribution in [0.3, 0.4) is 0 Å². The van der Waals surface area contributed by atoms with Gasteiger partial charge in [0, 0.05) is 17.9 Å². The Kier molecular flexibility index (Phi) is 10.3. The minimum absolute atomic E-state index is 0.0409. The van der Waals surface area contributed by atoms with E-state index in [4.69, 9.17) is 0 Å². The smallest absolute Gasteiger partial charge is 0.261 e. The average molecular weight is 487 g/mol. The summed E-state index contributed by atoms with van der Waals surface area (Å²) in [5.41, 5.74) is 3.52. The van der Waals surface area contributed by atoms with Crippen LogP contribution in [0.4, 0.5) is 0 Å². The lowest BCUT2D eigenvalue weighted by molar-refractivity contribution is -0.117. The molecule has 0 bridgehead atoms. The molecule has 3 rings (SSSR count). The zero-order valence-electron chi connectivity index (χ0n) is 19.6. The molecule has 0 saturated heterocycles. The minimum Gasteiger partial charge on any atom is -0.504 e. The fourth-order valence-electron chi connectivity index (χ4n) is 3.62. The van der Waals surface area contributed by atoms with Gasteiger partial charge in [-0.15, -0.1) is 0 Å². The second kappa shape index (κ2) is 13.9. The maximum atomic E-state index is 12.5. The maximum absolute atomic E-state index is 12.5. The molecule has 6 heteroatoms. The summed E-state index contributed by atoms with van der Waals surface area (Å²) in [6.45, 7) is 0.481. The molecule has 0 heterocycles. The molecule has 5 nitrogen and oxygen atoms in total. The molecule has 0 unspecified atom stereocenters. The summed E-state index contributed by atoms with van der Waals surface area (Å²) in [5.74, 6) is 0.481. The van der Waals surface area contributed by atoms with Crippen molar-refractivity contribution in [3.63, 3.8) is 0 Å². The Morgan fingerprint density at radius 1 is 0.943 bits per heavy atom. The van der Waals surface area contributed by atoms with Crippen LogP contribution in [0, 0.1) is 11.3 Å². The molecule has 180 valence electrons. The Balaban J connectivity index is 1.52. The number of rotatable bonds is 12. The van der Waals surface area contributed by atoms with Crippen LogP contribution >= 0.6 is 11.8 Å². The molecule has 0 spiro atoms. The number of benzene rings is 3. The molecule has 0 aromatic heterocycles. The Bertz CT molecular complexity index is 1170. The van der Waals surface area contributed by atoms with Crippen LogP contribution in [0.1, 0.15) is 35.1 Å². The van der Waals surface area contributed by atoms with E-state index in [2.05, 4.69) is 29.6 Å². The van der Waals surface area contributed by atoms with E-state index < -0.39 is 5.91 Å². The number of nitrogens with one attached hydrogen (secondary N) is 1. The first-order valence-electron chi connectivity index (χ1n) is 11.7. The Morgan fingerprint density at radius 3 is 2.26 bits per heavy atom. The first-order chi connectivity index (χ1) is 17.1. The quantitative estimate of drug-likeness (QED) is 0.134. The number of amides is 1. The summed E-state index contributed by atoms with van der Waals surface area (Å²) < 4.78 is 0. The van der Waals surface area contributed by atoms with E-state index in [0.29, 0.717) is 23.4 Å². The molecular formula is C29H30N2O3S. The van der Waals surface area contributed by atoms with Gasteiger partial charge in [-0.3, -0.25) is 4.79 Å². The minimum atomic E-state index is -0.446. The van der Waals surface area contributed by atoms with Crippen LogP contribution in [-0.2, 0) is 23.4 Å². The molecule has 0 saturated carbocycles. The van der Waals surface area contributed by atoms with Gasteiger partial charge in [0.1, 0.15) is 11.6 Å². The zero-order valence-corrected chi connectivity index (χ0v) is 20.4. The van der Waals surface area contributed by atoms with Gasteiger partial charge in [-0.2, -0.15) is 17.0 Å². The number of hydrogen-bond acceptors (Lipinski definition) is 5. The second-order valence-corrected chi connectivity index (χ2v) is 9.31. The molecule has 35 heavy (non-hydrogen) atoms. The topological polar surface area (TPSA) is 93.3 Å². The van der Waals surface area contributed by atoms with E-state index in [-0.39, 0.29) is 17.1 Å². The first kappa shape index (κ1) is 25.9. The van der Waals surface area contributed by atoms with Crippen LogP contribution in [0.15, 0.2) is 78.4 Å². The van der Waals surface area contributed by atoms with E-state index in [9.17, 15) is 20.3 Å². The molecule has 0 aliphatic carbocycles. The third-order valence-corrected chi connectivity index (χ3v) is 6.53. The summed E-state index contributed by atoms with van der Waals surface area (Å²) in [6.07, 6.45) is 5.03. The molecule has 3 aromatic rings. The number of aromatic hydroxyl groups is 2. The molecule has 3 N–H and O–H groups in total. The number of unbranched alkanes of at least 4 members (excludes halogenated alkanes) is 1. The highest BCUT2D eigenvalue weighted by molar-refractivity contribution is 7.98. The number of nitriles is 1. The number of nitrogens with zero attached hydrogens (tertiary/aromatic N) is 1. The van der Waals surface area contributed by atoms with Gasteiger partial charge in [0.05, 0.1) is 0 Å². The average Bonchev–Trinajstić information content (AvgIpc) is 2.88. The Labute approximate surface area is 211 Å². The lowest BCUT2D eigenvalue weighted by atomic mass is 10.1. The molecule has 0 atom stereocenters. The molecule has 0 aliphatic rings. The van der Waals surface area contributed by atoms with Crippen LogP contribution in [0.2, 0.25) is 0 Å². The predicted octanol–water partition coefficient (Wildman–Crippen LogP) is 5.62. The molecule has 1 amide bonds. The van der Waals surface area contributed by atoms with Crippen molar-refractivity contribution in [3.8, 4) is 17.6 Å². The van der Waals surface area contributed by atoms with Crippen molar-refractivity contribution in [1.82, 2.24) is 5.32 Å². The van der Waals surface area contributed by atoms with E-state index in [1.54, 1.807) is 17.8 Å². The van der Waals surface area contributed by atoms with Gasteiger partial charge in [0.15, 0.2) is 11.5 Å². The third kappa shape index (κ3) is 8.55. The number of phenolic OH excluding ortho intramolecular Hbond substituents is 2. The van der Waals surface area contributed by atoms with Crippen molar-refractivity contribution in [1.29, 1.82) is 5.26 Å². The number of carbonyl (C=O) groups is 1. The van der Waals surface area contributed by atoms with Gasteiger partial charge in [-0.1, -0.05) is 60.7 Å². The number of phenols is 2. The predicted molar refractivity (Wildman–Crippen MR) is 142 cm³/mol. The van der Waals surface area contributed by atoms with Crippen LogP contribution in [0.25, 0.3) is 6.08 Å². The van der Waals surface area contributed by atoms with Gasteiger partial charge >= 0.3 is 0 Å². The summed E-state index contributed by atoms with van der Waals surface area (Å²) in [6, 6.07) is 25.3. The van der Waals surface area contributed by atoms with Gasteiger partial charge in [0.2, 0.25) is 0 Å². The van der Waals surface area contributed by atoms with Crippen molar-refractivity contribution < 1.29 is 15.0 Å². The van der Waals surface area contributed by atoms with Gasteiger partial charge in [-0.25, -0.2) is 0 Å². The van der Waals surface area contributed by atoms with Crippen LogP contribution < -0.4 is 5.32 Å². The van der Waals surface area contributed by atoms with Gasteiger partial charge in [-0.05, 0) is 66.3 Å². The van der Waals surface area contributed by atoms with Crippen LogP contribution in [-0.4, -0.2) is 28.4 Å². The standard InChI is InChI=1S/C29H30N2O3S/c30-20-25(29(34)31-15-8-7-13-22-9-3-1-4-10-22)17-24-18-26(28(33)27(32)19-24)21-35-16-14-23-11-5-2-6-12-23/h1-6,9-12,17-19,32-33H,7-8,13-16,21H2,(H,31,34). The van der Waals surface area contributed by atoms with E-state index in [1.807, 2.05) is 42.5 Å². The van der Waals surface area contributed by atoms with Crippen molar-refractivity contribution >= 4 is 23.7 Å². The summed E-state index contributed by atoms with van der Waals surface area (Å²) in [5, 5.41) is 32.7. The van der Waals surface area contributed by atoms with E-state index in [1.165, 1.54) is 23.3 Å². The third-order valence-electron chi connectivity index (χ3n) is 5.52. The lowest BCUT2D eigenvalue weighted by Gasteiger charge is -2.09. The Hall–Kier alpha value is -3.69. The highest BCUT2D eigenvalue weighted by Gasteiger charge is 2.12. The summed E-state index contributed by atoms with van der Waals surface area (Å²) in [4.78, 5) is 12.5. The number of carbonyl (C=O) groups excluding carboxylic acids is 1. The number of aryl methyl sites for hydroxylation is 2. The highest BCUT2D eigenvalue weighted by atomic mass is 32.2. The normalized spacial score (nSPS) is 11.1. The first-order valence-corrected chi connectivity index (χ1v) is 12.8. The van der Waals surface area contributed by atoms with Crippen molar-refractivity contribution in [2.24, 2.45) is 0 Å². The van der Waals surface area contributed by atoms with E-state index in [0.717, 1.165) is 31.4 Å². The number of thioether (sulfide) groups is 1. The molecule has 3 aromatic carbocycles. The fourth-order valence-corrected chi connectivity index (χ4v) is 4.59. The summed E-state index contributed by atoms with van der Waals surface area (Å²) >= 11 is 1.64. The Morgan fingerprint density at radius 2 is 1.60 bits per heavy atom. The van der Waals surface area contributed by atoms with Crippen molar-refractivity contribution in [2.75, 3.05) is 12.3 Å². The lowest BCUT2D eigenvalue weighted by Crippen LogP contribution is -2.25. The summed E-state index contributed by atoms with van der Waals surface area (Å²) in [7, 11) is 0. The highest BCUT2D eigenvalue weighted by Crippen LogP contribution is 2.33. The second-order valence-electron chi connectivity index (χ2n) is 8.20.